The smallest absolute Gasteiger partial charge is 0.223 e. The Labute approximate surface area is 186 Å². The van der Waals surface area contributed by atoms with E-state index in [2.05, 4.69) is 41.1 Å². The monoisotopic (exact) mass is 421 g/mol. The van der Waals surface area contributed by atoms with Crippen LogP contribution in [0.25, 0.3) is 0 Å². The Morgan fingerprint density at radius 2 is 1.94 bits per heavy atom. The summed E-state index contributed by atoms with van der Waals surface area (Å²) in [6, 6.07) is 8.95. The lowest BCUT2D eigenvalue weighted by Crippen LogP contribution is -2.45. The van der Waals surface area contributed by atoms with Crippen LogP contribution < -0.4 is 4.74 Å². The van der Waals surface area contributed by atoms with Crippen LogP contribution in [0.5, 0.6) is 5.75 Å². The number of rotatable bonds is 6. The van der Waals surface area contributed by atoms with Gasteiger partial charge in [0.2, 0.25) is 5.91 Å². The maximum Gasteiger partial charge on any atom is 0.223 e. The molecule has 31 heavy (non-hydrogen) atoms. The number of ether oxygens (including phenoxy) is 1. The summed E-state index contributed by atoms with van der Waals surface area (Å²) in [5.74, 6) is 1.62. The predicted octanol–water partition coefficient (Wildman–Crippen LogP) is 4.25. The van der Waals surface area contributed by atoms with E-state index in [-0.39, 0.29) is 0 Å². The van der Waals surface area contributed by atoms with Crippen molar-refractivity contribution in [3.8, 4) is 5.75 Å². The van der Waals surface area contributed by atoms with Gasteiger partial charge in [-0.3, -0.25) is 14.7 Å². The maximum absolute atomic E-state index is 13.0. The van der Waals surface area contributed by atoms with Crippen molar-refractivity contribution in [1.82, 2.24) is 14.8 Å². The van der Waals surface area contributed by atoms with Crippen LogP contribution >= 0.6 is 0 Å². The lowest BCUT2D eigenvalue weighted by molar-refractivity contribution is -0.133. The molecule has 2 aliphatic rings. The Morgan fingerprint density at radius 3 is 2.68 bits per heavy atom. The molecule has 166 valence electrons. The summed E-state index contributed by atoms with van der Waals surface area (Å²) in [6.07, 6.45) is 6.79. The molecule has 0 saturated carbocycles. The third kappa shape index (κ3) is 4.62. The molecule has 0 radical (unpaired) electrons. The number of pyridine rings is 1. The summed E-state index contributed by atoms with van der Waals surface area (Å²) in [5, 5.41) is 0. The minimum atomic E-state index is 0.293. The van der Waals surface area contributed by atoms with Crippen molar-refractivity contribution in [2.75, 3.05) is 27.2 Å². The Bertz CT molecular complexity index is 934. The molecule has 1 atom stereocenters. The second kappa shape index (κ2) is 9.39. The number of amides is 1. The van der Waals surface area contributed by atoms with Gasteiger partial charge in [-0.1, -0.05) is 24.3 Å². The van der Waals surface area contributed by atoms with E-state index in [1.54, 1.807) is 7.11 Å². The summed E-state index contributed by atoms with van der Waals surface area (Å²) in [7, 11) is 3.72. The van der Waals surface area contributed by atoms with Crippen LogP contribution in [0.15, 0.2) is 30.5 Å². The molecule has 1 aromatic heterocycles. The number of nitrogens with zero attached hydrogens (tertiary/aromatic N) is 3. The van der Waals surface area contributed by atoms with E-state index in [1.807, 2.05) is 25.1 Å². The molecule has 1 fully saturated rings. The molecular weight excluding hydrogens is 386 g/mol. The van der Waals surface area contributed by atoms with Crippen LogP contribution in [-0.4, -0.2) is 54.0 Å². The first-order valence-electron chi connectivity index (χ1n) is 11.5. The topological polar surface area (TPSA) is 45.7 Å². The summed E-state index contributed by atoms with van der Waals surface area (Å²) < 4.78 is 5.55. The zero-order valence-corrected chi connectivity index (χ0v) is 19.4. The third-order valence-corrected chi connectivity index (χ3v) is 7.30. The van der Waals surface area contributed by atoms with E-state index in [4.69, 9.17) is 4.74 Å². The first-order chi connectivity index (χ1) is 15.0. The Hall–Kier alpha value is -2.40. The second-order valence-electron chi connectivity index (χ2n) is 9.20. The molecule has 1 unspecified atom stereocenters. The molecule has 2 aromatic rings. The van der Waals surface area contributed by atoms with Crippen molar-refractivity contribution >= 4 is 5.91 Å². The van der Waals surface area contributed by atoms with Gasteiger partial charge in [-0.25, -0.2) is 0 Å². The molecule has 1 aliphatic carbocycles. The minimum absolute atomic E-state index is 0.293. The zero-order chi connectivity index (χ0) is 22.0. The van der Waals surface area contributed by atoms with E-state index in [0.29, 0.717) is 24.3 Å². The van der Waals surface area contributed by atoms with Gasteiger partial charge in [0.15, 0.2) is 0 Å². The molecule has 5 heteroatoms. The number of benzene rings is 1. The molecular formula is C26H35N3O2. The van der Waals surface area contributed by atoms with Crippen molar-refractivity contribution in [3.63, 3.8) is 0 Å². The number of hydrogen-bond acceptors (Lipinski definition) is 4. The van der Waals surface area contributed by atoms with Gasteiger partial charge in [0.25, 0.3) is 0 Å². The summed E-state index contributed by atoms with van der Waals surface area (Å²) in [6.45, 7) is 6.95. The number of piperidine rings is 1. The molecule has 0 N–H and O–H groups in total. The number of methoxy groups -OCH3 is 1. The van der Waals surface area contributed by atoms with Gasteiger partial charge in [-0.05, 0) is 56.6 Å². The number of aromatic nitrogens is 1. The van der Waals surface area contributed by atoms with E-state index in [9.17, 15) is 4.79 Å². The Balaban J connectivity index is 1.30. The van der Waals surface area contributed by atoms with Gasteiger partial charge in [0, 0.05) is 56.5 Å². The normalized spacial score (nSPS) is 19.3. The summed E-state index contributed by atoms with van der Waals surface area (Å²) in [4.78, 5) is 22.1. The fourth-order valence-corrected chi connectivity index (χ4v) is 5.32. The van der Waals surface area contributed by atoms with E-state index >= 15 is 0 Å². The van der Waals surface area contributed by atoms with E-state index in [1.165, 1.54) is 11.1 Å². The minimum Gasteiger partial charge on any atom is -0.496 e. The molecule has 1 amide bonds. The lowest BCUT2D eigenvalue weighted by Gasteiger charge is -2.37. The van der Waals surface area contributed by atoms with Crippen molar-refractivity contribution in [2.24, 2.45) is 0 Å². The number of hydrogen-bond donors (Lipinski definition) is 0. The SMILES string of the molecule is COc1c(C)cnc(CN2CCC(N(C)C(=O)CC3CCc4ccccc43)CC2)c1C. The van der Waals surface area contributed by atoms with Gasteiger partial charge >= 0.3 is 0 Å². The van der Waals surface area contributed by atoms with Crippen molar-refractivity contribution < 1.29 is 9.53 Å². The highest BCUT2D eigenvalue weighted by molar-refractivity contribution is 5.77. The molecule has 1 aromatic carbocycles. The first-order valence-corrected chi connectivity index (χ1v) is 11.5. The van der Waals surface area contributed by atoms with Crippen LogP contribution in [-0.2, 0) is 17.8 Å². The molecule has 2 heterocycles. The molecule has 0 bridgehead atoms. The molecule has 0 spiro atoms. The zero-order valence-electron chi connectivity index (χ0n) is 19.4. The fourth-order valence-electron chi connectivity index (χ4n) is 5.32. The standard InChI is InChI=1S/C26H35N3O2/c1-18-16-27-24(19(2)26(18)31-4)17-29-13-11-22(12-14-29)28(3)25(30)15-21-10-9-20-7-5-6-8-23(20)21/h5-8,16,21-22H,9-15,17H2,1-4H3. The second-order valence-corrected chi connectivity index (χ2v) is 9.20. The van der Waals surface area contributed by atoms with Crippen LogP contribution in [0, 0.1) is 13.8 Å². The van der Waals surface area contributed by atoms with Crippen LogP contribution in [0.3, 0.4) is 0 Å². The molecule has 1 aliphatic heterocycles. The summed E-state index contributed by atoms with van der Waals surface area (Å²) in [5.41, 5.74) is 6.11. The van der Waals surface area contributed by atoms with Gasteiger partial charge in [0.05, 0.1) is 12.8 Å². The molecule has 1 saturated heterocycles. The molecule has 5 nitrogen and oxygen atoms in total. The van der Waals surface area contributed by atoms with Crippen LogP contribution in [0.1, 0.15) is 59.5 Å². The number of likely N-dealkylation sites (tertiary alicyclic amines) is 1. The average Bonchev–Trinajstić information content (AvgIpc) is 3.19. The highest BCUT2D eigenvalue weighted by Gasteiger charge is 2.30. The lowest BCUT2D eigenvalue weighted by atomic mass is 9.96. The highest BCUT2D eigenvalue weighted by atomic mass is 16.5. The molecule has 4 rings (SSSR count). The van der Waals surface area contributed by atoms with Crippen molar-refractivity contribution in [1.29, 1.82) is 0 Å². The van der Waals surface area contributed by atoms with Gasteiger partial charge < -0.3 is 9.64 Å². The van der Waals surface area contributed by atoms with Gasteiger partial charge in [-0.15, -0.1) is 0 Å². The van der Waals surface area contributed by atoms with Gasteiger partial charge in [0.1, 0.15) is 5.75 Å². The number of aryl methyl sites for hydroxylation is 2. The Kier molecular flexibility index (Phi) is 6.61. The van der Waals surface area contributed by atoms with Crippen LogP contribution in [0.4, 0.5) is 0 Å². The van der Waals surface area contributed by atoms with Crippen molar-refractivity contribution in [2.45, 2.75) is 64.5 Å². The maximum atomic E-state index is 13.0. The first kappa shape index (κ1) is 21.8. The number of carbonyl (C=O) groups is 1. The van der Waals surface area contributed by atoms with E-state index < -0.39 is 0 Å². The van der Waals surface area contributed by atoms with Crippen molar-refractivity contribution in [3.05, 3.63) is 58.4 Å². The predicted molar refractivity (Wildman–Crippen MR) is 123 cm³/mol. The Morgan fingerprint density at radius 1 is 1.19 bits per heavy atom. The quantitative estimate of drug-likeness (QED) is 0.700. The highest BCUT2D eigenvalue weighted by Crippen LogP contribution is 2.36. The fraction of sp³-hybridized carbons (Fsp3) is 0.538. The largest absolute Gasteiger partial charge is 0.496 e. The number of carbonyl (C=O) groups excluding carboxylic acids is 1. The van der Waals surface area contributed by atoms with Crippen LogP contribution in [0.2, 0.25) is 0 Å². The average molecular weight is 422 g/mol. The van der Waals surface area contributed by atoms with E-state index in [0.717, 1.165) is 67.9 Å². The number of fused-ring (bicyclic) bond motifs is 1. The third-order valence-electron chi connectivity index (χ3n) is 7.30. The van der Waals surface area contributed by atoms with Gasteiger partial charge in [-0.2, -0.15) is 0 Å². The summed E-state index contributed by atoms with van der Waals surface area (Å²) >= 11 is 0.